The molecule has 2 aromatic rings. The topological polar surface area (TPSA) is 34.4 Å². The summed E-state index contributed by atoms with van der Waals surface area (Å²) in [5, 5.41) is 3.32. The number of aryl methyl sites for hydroxylation is 3. The van der Waals surface area contributed by atoms with E-state index in [-0.39, 0.29) is 6.04 Å². The first-order chi connectivity index (χ1) is 9.08. The molecule has 0 aliphatic carbocycles. The minimum Gasteiger partial charge on any atom is -0.496 e. The molecular formula is C16H21NO2. The molecule has 0 saturated carbocycles. The number of methoxy groups -OCH3 is 1. The molecule has 0 bridgehead atoms. The third kappa shape index (κ3) is 2.51. The second kappa shape index (κ2) is 5.49. The predicted octanol–water partition coefficient (Wildman–Crippen LogP) is 3.52. The highest BCUT2D eigenvalue weighted by Crippen LogP contribution is 2.31. The van der Waals surface area contributed by atoms with Gasteiger partial charge in [-0.3, -0.25) is 0 Å². The molecule has 2 rings (SSSR count). The van der Waals surface area contributed by atoms with Crippen LogP contribution in [0.15, 0.2) is 28.9 Å². The van der Waals surface area contributed by atoms with Crippen molar-refractivity contribution in [1.82, 2.24) is 5.32 Å². The molecule has 102 valence electrons. The van der Waals surface area contributed by atoms with E-state index in [1.165, 1.54) is 5.56 Å². The Hall–Kier alpha value is -1.74. The van der Waals surface area contributed by atoms with Crippen molar-refractivity contribution in [2.75, 3.05) is 14.2 Å². The van der Waals surface area contributed by atoms with E-state index in [1.54, 1.807) is 13.4 Å². The third-order valence-corrected chi connectivity index (χ3v) is 3.47. The SMILES string of the molecule is CNC(c1cc(C)c(OC)c(C)c1)c1occc1C. The molecule has 1 aromatic carbocycles. The van der Waals surface area contributed by atoms with Crippen molar-refractivity contribution >= 4 is 0 Å². The molecule has 0 aliphatic rings. The highest BCUT2D eigenvalue weighted by atomic mass is 16.5. The van der Waals surface area contributed by atoms with Crippen LogP contribution in [0.3, 0.4) is 0 Å². The van der Waals surface area contributed by atoms with Crippen LogP contribution in [0, 0.1) is 20.8 Å². The first-order valence-corrected chi connectivity index (χ1v) is 6.44. The van der Waals surface area contributed by atoms with E-state index in [4.69, 9.17) is 9.15 Å². The average Bonchev–Trinajstić information content (AvgIpc) is 2.77. The van der Waals surface area contributed by atoms with Crippen LogP contribution in [0.2, 0.25) is 0 Å². The van der Waals surface area contributed by atoms with Crippen molar-refractivity contribution in [2.45, 2.75) is 26.8 Å². The lowest BCUT2D eigenvalue weighted by Gasteiger charge is -2.18. The van der Waals surface area contributed by atoms with Crippen LogP contribution in [0.1, 0.15) is 34.1 Å². The molecule has 0 radical (unpaired) electrons. The maximum Gasteiger partial charge on any atom is 0.128 e. The van der Waals surface area contributed by atoms with Gasteiger partial charge in [0.2, 0.25) is 0 Å². The van der Waals surface area contributed by atoms with Gasteiger partial charge in [-0.15, -0.1) is 0 Å². The maximum absolute atomic E-state index is 5.61. The molecule has 1 atom stereocenters. The molecule has 0 aliphatic heterocycles. The van der Waals surface area contributed by atoms with E-state index in [9.17, 15) is 0 Å². The average molecular weight is 259 g/mol. The summed E-state index contributed by atoms with van der Waals surface area (Å²) >= 11 is 0. The number of rotatable bonds is 4. The highest BCUT2D eigenvalue weighted by Gasteiger charge is 2.19. The molecule has 1 unspecified atom stereocenters. The minimum atomic E-state index is 0.0679. The van der Waals surface area contributed by atoms with Crippen molar-refractivity contribution < 1.29 is 9.15 Å². The van der Waals surface area contributed by atoms with Crippen molar-refractivity contribution in [3.05, 3.63) is 52.5 Å². The van der Waals surface area contributed by atoms with Gasteiger partial charge in [-0.1, -0.05) is 12.1 Å². The summed E-state index contributed by atoms with van der Waals surface area (Å²) < 4.78 is 11.0. The quantitative estimate of drug-likeness (QED) is 0.912. The third-order valence-electron chi connectivity index (χ3n) is 3.47. The first-order valence-electron chi connectivity index (χ1n) is 6.44. The second-order valence-electron chi connectivity index (χ2n) is 4.88. The van der Waals surface area contributed by atoms with E-state index in [0.717, 1.165) is 28.2 Å². The van der Waals surface area contributed by atoms with E-state index in [0.29, 0.717) is 0 Å². The fourth-order valence-electron chi connectivity index (χ4n) is 2.60. The van der Waals surface area contributed by atoms with E-state index < -0.39 is 0 Å². The van der Waals surface area contributed by atoms with Gasteiger partial charge in [0.25, 0.3) is 0 Å². The molecule has 1 aromatic heterocycles. The Bertz CT molecular complexity index is 549. The normalized spacial score (nSPS) is 12.5. The molecule has 1 heterocycles. The Kier molecular flexibility index (Phi) is 3.96. The van der Waals surface area contributed by atoms with Crippen LogP contribution >= 0.6 is 0 Å². The van der Waals surface area contributed by atoms with Crippen LogP contribution in [0.5, 0.6) is 5.75 Å². The monoisotopic (exact) mass is 259 g/mol. The van der Waals surface area contributed by atoms with Crippen molar-refractivity contribution in [2.24, 2.45) is 0 Å². The Morgan fingerprint density at radius 2 is 1.74 bits per heavy atom. The van der Waals surface area contributed by atoms with E-state index in [2.05, 4.69) is 38.2 Å². The zero-order valence-corrected chi connectivity index (χ0v) is 12.2. The van der Waals surface area contributed by atoms with Crippen LogP contribution in [0.25, 0.3) is 0 Å². The van der Waals surface area contributed by atoms with Crippen LogP contribution in [-0.2, 0) is 0 Å². The highest BCUT2D eigenvalue weighted by molar-refractivity contribution is 5.46. The van der Waals surface area contributed by atoms with E-state index >= 15 is 0 Å². The summed E-state index contributed by atoms with van der Waals surface area (Å²) in [5.74, 6) is 1.92. The first kappa shape index (κ1) is 13.7. The van der Waals surface area contributed by atoms with Crippen LogP contribution in [0.4, 0.5) is 0 Å². The van der Waals surface area contributed by atoms with Gasteiger partial charge >= 0.3 is 0 Å². The number of benzene rings is 1. The van der Waals surface area contributed by atoms with Crippen molar-refractivity contribution in [3.63, 3.8) is 0 Å². The maximum atomic E-state index is 5.61. The number of hydrogen-bond acceptors (Lipinski definition) is 3. The fourth-order valence-corrected chi connectivity index (χ4v) is 2.60. The molecule has 1 N–H and O–H groups in total. The largest absolute Gasteiger partial charge is 0.496 e. The van der Waals surface area contributed by atoms with Gasteiger partial charge in [-0.2, -0.15) is 0 Å². The van der Waals surface area contributed by atoms with Gasteiger partial charge in [-0.05, 0) is 56.1 Å². The van der Waals surface area contributed by atoms with Crippen LogP contribution < -0.4 is 10.1 Å². The Labute approximate surface area is 114 Å². The van der Waals surface area contributed by atoms with Crippen molar-refractivity contribution in [1.29, 1.82) is 0 Å². The molecule has 19 heavy (non-hydrogen) atoms. The Morgan fingerprint density at radius 3 is 2.16 bits per heavy atom. The zero-order valence-electron chi connectivity index (χ0n) is 12.2. The van der Waals surface area contributed by atoms with E-state index in [1.807, 2.05) is 13.1 Å². The summed E-state index contributed by atoms with van der Waals surface area (Å²) in [6, 6.07) is 6.35. The summed E-state index contributed by atoms with van der Waals surface area (Å²) in [4.78, 5) is 0. The standard InChI is InChI=1S/C16H21NO2/c1-10-6-7-19-16(10)14(17-4)13-8-11(2)15(18-5)12(3)9-13/h6-9,14,17H,1-5H3. The summed E-state index contributed by atoms with van der Waals surface area (Å²) in [6.07, 6.45) is 1.73. The summed E-state index contributed by atoms with van der Waals surface area (Å²) in [5.41, 5.74) is 4.63. The van der Waals surface area contributed by atoms with Gasteiger partial charge in [0.15, 0.2) is 0 Å². The fraction of sp³-hybridized carbons (Fsp3) is 0.375. The predicted molar refractivity (Wildman–Crippen MR) is 76.8 cm³/mol. The van der Waals surface area contributed by atoms with Gasteiger partial charge in [0.05, 0.1) is 19.4 Å². The lowest BCUT2D eigenvalue weighted by molar-refractivity contribution is 0.407. The number of hydrogen-bond donors (Lipinski definition) is 1. The molecular weight excluding hydrogens is 238 g/mol. The van der Waals surface area contributed by atoms with Crippen molar-refractivity contribution in [3.8, 4) is 5.75 Å². The van der Waals surface area contributed by atoms with Gasteiger partial charge in [0.1, 0.15) is 11.5 Å². The number of furan rings is 1. The second-order valence-corrected chi connectivity index (χ2v) is 4.88. The molecule has 0 saturated heterocycles. The van der Waals surface area contributed by atoms with Gasteiger partial charge < -0.3 is 14.5 Å². The lowest BCUT2D eigenvalue weighted by Crippen LogP contribution is -2.18. The lowest BCUT2D eigenvalue weighted by atomic mass is 9.97. The van der Waals surface area contributed by atoms with Gasteiger partial charge in [-0.25, -0.2) is 0 Å². The van der Waals surface area contributed by atoms with Crippen LogP contribution in [-0.4, -0.2) is 14.2 Å². The zero-order chi connectivity index (χ0) is 14.0. The minimum absolute atomic E-state index is 0.0679. The molecule has 0 spiro atoms. The number of nitrogens with one attached hydrogen (secondary N) is 1. The van der Waals surface area contributed by atoms with Gasteiger partial charge in [0, 0.05) is 0 Å². The summed E-state index contributed by atoms with van der Waals surface area (Å²) in [7, 11) is 3.66. The Morgan fingerprint density at radius 1 is 1.11 bits per heavy atom. The molecule has 0 fully saturated rings. The Balaban J connectivity index is 2.48. The smallest absolute Gasteiger partial charge is 0.128 e. The number of ether oxygens (including phenoxy) is 1. The molecule has 3 heteroatoms. The summed E-state index contributed by atoms with van der Waals surface area (Å²) in [6.45, 7) is 6.19. The molecule has 3 nitrogen and oxygen atoms in total. The molecule has 0 amide bonds.